The van der Waals surface area contributed by atoms with E-state index in [4.69, 9.17) is 0 Å². The highest BCUT2D eigenvalue weighted by Gasteiger charge is 2.18. The number of hydrogen-bond acceptors (Lipinski definition) is 5. The Kier molecular flexibility index (Phi) is 5.24. The molecule has 0 radical (unpaired) electrons. The minimum Gasteiger partial charge on any atom is -0.345 e. The highest BCUT2D eigenvalue weighted by atomic mass is 32.2. The predicted molar refractivity (Wildman–Crippen MR) is 103 cm³/mol. The molecule has 0 aromatic carbocycles. The maximum Gasteiger partial charge on any atom is 0.191 e. The second kappa shape index (κ2) is 7.41. The molecule has 130 valence electrons. The van der Waals surface area contributed by atoms with Crippen molar-refractivity contribution in [3.8, 4) is 10.7 Å². The molecule has 0 fully saturated rings. The first kappa shape index (κ1) is 17.7. The number of carbonyl (C=O) groups excluding carboxylic acids is 1. The van der Waals surface area contributed by atoms with E-state index in [1.54, 1.807) is 11.3 Å². The molecule has 7 heteroatoms. The van der Waals surface area contributed by atoms with Crippen LogP contribution in [0.4, 0.5) is 0 Å². The van der Waals surface area contributed by atoms with Gasteiger partial charge in [0.1, 0.15) is 0 Å². The molecule has 5 nitrogen and oxygen atoms in total. The summed E-state index contributed by atoms with van der Waals surface area (Å²) < 4.78 is 4.03. The summed E-state index contributed by atoms with van der Waals surface area (Å²) in [5, 5.41) is 11.2. The molecule has 0 amide bonds. The first-order valence-electron chi connectivity index (χ1n) is 7.89. The van der Waals surface area contributed by atoms with Crippen molar-refractivity contribution in [2.45, 2.75) is 25.5 Å². The lowest BCUT2D eigenvalue weighted by atomic mass is 10.2. The second-order valence-corrected chi connectivity index (χ2v) is 7.63. The molecular formula is C18H20N4OS2. The van der Waals surface area contributed by atoms with Crippen molar-refractivity contribution in [2.75, 3.05) is 5.75 Å². The highest BCUT2D eigenvalue weighted by Crippen LogP contribution is 2.27. The predicted octanol–water partition coefficient (Wildman–Crippen LogP) is 4.12. The molecular weight excluding hydrogens is 352 g/mol. The number of Topliss-reactive ketones (excluding diaryl/α,β-unsaturated/α-hetero) is 1. The molecule has 0 aliphatic carbocycles. The fourth-order valence-electron chi connectivity index (χ4n) is 2.76. The van der Waals surface area contributed by atoms with Crippen molar-refractivity contribution in [3.63, 3.8) is 0 Å². The Bertz CT molecular complexity index is 906. The quantitative estimate of drug-likeness (QED) is 0.356. The standard InChI is InChI=1S/C18H20N4OS2/c1-5-8-22-12(2)10-14(13(22)3)15(23)11-25-18-20-19-17(21(18)4)16-7-6-9-24-16/h5-7,9-10H,1,8,11H2,2-4H3. The van der Waals surface area contributed by atoms with Gasteiger partial charge in [0.25, 0.3) is 0 Å². The maximum atomic E-state index is 12.6. The van der Waals surface area contributed by atoms with Crippen LogP contribution in [-0.2, 0) is 13.6 Å². The second-order valence-electron chi connectivity index (χ2n) is 5.74. The number of aryl methyl sites for hydroxylation is 1. The van der Waals surface area contributed by atoms with Gasteiger partial charge in [0.2, 0.25) is 0 Å². The summed E-state index contributed by atoms with van der Waals surface area (Å²) in [7, 11) is 1.93. The van der Waals surface area contributed by atoms with Gasteiger partial charge in [0.05, 0.1) is 10.6 Å². The smallest absolute Gasteiger partial charge is 0.191 e. The molecule has 3 aromatic rings. The van der Waals surface area contributed by atoms with Crippen LogP contribution in [-0.4, -0.2) is 30.9 Å². The Morgan fingerprint density at radius 1 is 1.40 bits per heavy atom. The molecule has 0 spiro atoms. The average Bonchev–Trinajstić information content (AvgIpc) is 3.29. The molecule has 3 heterocycles. The highest BCUT2D eigenvalue weighted by molar-refractivity contribution is 7.99. The van der Waals surface area contributed by atoms with E-state index in [2.05, 4.69) is 21.3 Å². The monoisotopic (exact) mass is 372 g/mol. The minimum atomic E-state index is 0.106. The third-order valence-corrected chi connectivity index (χ3v) is 5.98. The molecule has 0 unspecified atom stereocenters. The van der Waals surface area contributed by atoms with Crippen molar-refractivity contribution in [3.05, 3.63) is 53.2 Å². The number of rotatable bonds is 7. The lowest BCUT2D eigenvalue weighted by Gasteiger charge is -2.06. The van der Waals surface area contributed by atoms with Gasteiger partial charge in [-0.3, -0.25) is 4.79 Å². The Hall–Kier alpha value is -2.12. The van der Waals surface area contributed by atoms with E-state index in [0.717, 1.165) is 32.8 Å². The summed E-state index contributed by atoms with van der Waals surface area (Å²) in [5.41, 5.74) is 2.83. The summed E-state index contributed by atoms with van der Waals surface area (Å²) in [4.78, 5) is 13.7. The largest absolute Gasteiger partial charge is 0.345 e. The van der Waals surface area contributed by atoms with Gasteiger partial charge in [-0.1, -0.05) is 23.9 Å². The van der Waals surface area contributed by atoms with Gasteiger partial charge < -0.3 is 9.13 Å². The Morgan fingerprint density at radius 3 is 2.88 bits per heavy atom. The van der Waals surface area contributed by atoms with E-state index in [0.29, 0.717) is 12.3 Å². The fourth-order valence-corrected chi connectivity index (χ4v) is 4.30. The zero-order valence-corrected chi connectivity index (χ0v) is 16.2. The number of allylic oxidation sites excluding steroid dienone is 1. The number of carbonyl (C=O) groups is 1. The molecule has 0 N–H and O–H groups in total. The van der Waals surface area contributed by atoms with Crippen molar-refractivity contribution < 1.29 is 4.79 Å². The van der Waals surface area contributed by atoms with Gasteiger partial charge in [-0.2, -0.15) is 0 Å². The normalized spacial score (nSPS) is 11.0. The molecule has 0 saturated heterocycles. The average molecular weight is 373 g/mol. The van der Waals surface area contributed by atoms with Gasteiger partial charge in [0.15, 0.2) is 16.8 Å². The summed E-state index contributed by atoms with van der Waals surface area (Å²) in [6.07, 6.45) is 1.84. The molecule has 25 heavy (non-hydrogen) atoms. The van der Waals surface area contributed by atoms with E-state index < -0.39 is 0 Å². The molecule has 3 rings (SSSR count). The van der Waals surface area contributed by atoms with Gasteiger partial charge in [-0.15, -0.1) is 28.1 Å². The number of aromatic nitrogens is 4. The van der Waals surface area contributed by atoms with E-state index in [9.17, 15) is 4.79 Å². The number of ketones is 1. The maximum absolute atomic E-state index is 12.6. The van der Waals surface area contributed by atoms with Crippen LogP contribution in [0.5, 0.6) is 0 Å². The SMILES string of the molecule is C=CCn1c(C)cc(C(=O)CSc2nnc(-c3cccs3)n2C)c1C. The third kappa shape index (κ3) is 3.48. The van der Waals surface area contributed by atoms with Crippen LogP contribution in [0.1, 0.15) is 21.7 Å². The van der Waals surface area contributed by atoms with E-state index in [1.165, 1.54) is 11.8 Å². The molecule has 0 bridgehead atoms. The Labute approximate surface area is 155 Å². The summed E-state index contributed by atoms with van der Waals surface area (Å²) >= 11 is 3.05. The van der Waals surface area contributed by atoms with Crippen LogP contribution in [0, 0.1) is 13.8 Å². The van der Waals surface area contributed by atoms with Crippen LogP contribution in [0.25, 0.3) is 10.7 Å². The topological polar surface area (TPSA) is 52.7 Å². The van der Waals surface area contributed by atoms with E-state index >= 15 is 0 Å². The van der Waals surface area contributed by atoms with E-state index in [-0.39, 0.29) is 5.78 Å². The summed E-state index contributed by atoms with van der Waals surface area (Å²) in [6, 6.07) is 5.96. The van der Waals surface area contributed by atoms with Crippen LogP contribution in [0.2, 0.25) is 0 Å². The zero-order valence-electron chi connectivity index (χ0n) is 14.5. The summed E-state index contributed by atoms with van der Waals surface area (Å²) in [5.74, 6) is 1.28. The number of nitrogens with zero attached hydrogens (tertiary/aromatic N) is 4. The van der Waals surface area contributed by atoms with Crippen molar-refractivity contribution >= 4 is 28.9 Å². The van der Waals surface area contributed by atoms with Crippen molar-refractivity contribution in [1.29, 1.82) is 0 Å². The first-order chi connectivity index (χ1) is 12.0. The van der Waals surface area contributed by atoms with E-state index in [1.807, 2.05) is 55.1 Å². The molecule has 0 saturated carbocycles. The fraction of sp³-hybridized carbons (Fsp3) is 0.278. The zero-order chi connectivity index (χ0) is 18.0. The molecule has 3 aromatic heterocycles. The third-order valence-electron chi connectivity index (χ3n) is 4.09. The Balaban J connectivity index is 1.73. The van der Waals surface area contributed by atoms with Crippen molar-refractivity contribution in [1.82, 2.24) is 19.3 Å². The molecule has 0 aliphatic rings. The van der Waals surface area contributed by atoms with Crippen LogP contribution >= 0.6 is 23.1 Å². The first-order valence-corrected chi connectivity index (χ1v) is 9.76. The van der Waals surface area contributed by atoms with Crippen LogP contribution in [0.15, 0.2) is 41.4 Å². The van der Waals surface area contributed by atoms with Gasteiger partial charge >= 0.3 is 0 Å². The van der Waals surface area contributed by atoms with Crippen LogP contribution in [0.3, 0.4) is 0 Å². The Morgan fingerprint density at radius 2 is 2.20 bits per heavy atom. The minimum absolute atomic E-state index is 0.106. The molecule has 0 aliphatic heterocycles. The number of hydrogen-bond donors (Lipinski definition) is 0. The van der Waals surface area contributed by atoms with Crippen molar-refractivity contribution in [2.24, 2.45) is 7.05 Å². The lowest BCUT2D eigenvalue weighted by molar-refractivity contribution is 0.102. The van der Waals surface area contributed by atoms with Gasteiger partial charge in [-0.25, -0.2) is 0 Å². The van der Waals surface area contributed by atoms with Gasteiger partial charge in [-0.05, 0) is 31.4 Å². The number of thiophene rings is 1. The summed E-state index contributed by atoms with van der Waals surface area (Å²) in [6.45, 7) is 8.48. The molecule has 0 atom stereocenters. The van der Waals surface area contributed by atoms with Crippen LogP contribution < -0.4 is 0 Å². The lowest BCUT2D eigenvalue weighted by Crippen LogP contribution is -2.07. The number of thioether (sulfide) groups is 1. The van der Waals surface area contributed by atoms with Gasteiger partial charge in [0, 0.05) is 30.5 Å².